The predicted octanol–water partition coefficient (Wildman–Crippen LogP) is 2.73. The normalized spacial score (nSPS) is 12.4. The first-order valence-corrected chi connectivity index (χ1v) is 8.77. The van der Waals surface area contributed by atoms with E-state index in [0.29, 0.717) is 5.56 Å². The highest BCUT2D eigenvalue weighted by Crippen LogP contribution is 2.31. The average Bonchev–Trinajstić information content (AvgIpc) is 2.54. The molecule has 9 heteroatoms. The summed E-state index contributed by atoms with van der Waals surface area (Å²) >= 11 is 0. The summed E-state index contributed by atoms with van der Waals surface area (Å²) in [4.78, 5) is -0.559. The molecule has 0 fully saturated rings. The van der Waals surface area contributed by atoms with E-state index in [0.717, 1.165) is 16.4 Å². The van der Waals surface area contributed by atoms with E-state index in [2.05, 4.69) is 4.74 Å². The Hall–Kier alpha value is -2.10. The Kier molecular flexibility index (Phi) is 6.04. The number of hydrogen-bond acceptors (Lipinski definition) is 4. The highest BCUT2D eigenvalue weighted by atomic mass is 32.2. The molecule has 136 valence electrons. The molecule has 0 spiro atoms. The molecule has 25 heavy (non-hydrogen) atoms. The first kappa shape index (κ1) is 19.2. The van der Waals surface area contributed by atoms with Gasteiger partial charge in [0.05, 0.1) is 0 Å². The van der Waals surface area contributed by atoms with E-state index in [1.165, 1.54) is 12.1 Å². The lowest BCUT2D eigenvalue weighted by Crippen LogP contribution is -2.35. The van der Waals surface area contributed by atoms with E-state index >= 15 is 0 Å². The third-order valence-corrected chi connectivity index (χ3v) is 5.16. The van der Waals surface area contributed by atoms with Gasteiger partial charge < -0.3 is 10.5 Å². The molecule has 0 amide bonds. The summed E-state index contributed by atoms with van der Waals surface area (Å²) in [5.41, 5.74) is 6.17. The lowest BCUT2D eigenvalue weighted by molar-refractivity contribution is -0.275. The van der Waals surface area contributed by atoms with E-state index < -0.39 is 27.0 Å². The summed E-state index contributed by atoms with van der Waals surface area (Å²) in [6.45, 7) is -0.0351. The zero-order valence-corrected chi connectivity index (χ0v) is 13.9. The Morgan fingerprint density at radius 1 is 1.00 bits per heavy atom. The van der Waals surface area contributed by atoms with Crippen molar-refractivity contribution in [2.75, 3.05) is 13.1 Å². The van der Waals surface area contributed by atoms with E-state index in [1.807, 2.05) is 0 Å². The summed E-state index contributed by atoms with van der Waals surface area (Å²) in [5, 5.41) is 0. The maximum atomic E-state index is 12.9. The van der Waals surface area contributed by atoms with Gasteiger partial charge in [-0.25, -0.2) is 8.42 Å². The molecule has 0 aliphatic carbocycles. The zero-order chi connectivity index (χ0) is 18.5. The van der Waals surface area contributed by atoms with Gasteiger partial charge in [-0.05, 0) is 17.7 Å². The molecule has 0 aromatic heterocycles. The van der Waals surface area contributed by atoms with E-state index in [9.17, 15) is 21.6 Å². The summed E-state index contributed by atoms with van der Waals surface area (Å²) in [7, 11) is -4.24. The summed E-state index contributed by atoms with van der Waals surface area (Å²) < 4.78 is 68.3. The number of benzene rings is 2. The number of sulfonamides is 1. The van der Waals surface area contributed by atoms with Gasteiger partial charge in [0, 0.05) is 19.6 Å². The molecule has 5 nitrogen and oxygen atoms in total. The van der Waals surface area contributed by atoms with Gasteiger partial charge >= 0.3 is 6.36 Å². The Morgan fingerprint density at radius 3 is 2.20 bits per heavy atom. The van der Waals surface area contributed by atoms with Crippen molar-refractivity contribution in [2.24, 2.45) is 5.73 Å². The molecule has 0 atom stereocenters. The van der Waals surface area contributed by atoms with Crippen LogP contribution in [0.2, 0.25) is 0 Å². The van der Waals surface area contributed by atoms with Crippen molar-refractivity contribution in [2.45, 2.75) is 17.8 Å². The molecule has 0 bridgehead atoms. The van der Waals surface area contributed by atoms with Crippen LogP contribution in [0, 0.1) is 0 Å². The monoisotopic (exact) mass is 374 g/mol. The molecular formula is C16H17F3N2O3S. The fourth-order valence-electron chi connectivity index (χ4n) is 2.23. The van der Waals surface area contributed by atoms with Crippen LogP contribution in [0.15, 0.2) is 59.5 Å². The maximum Gasteiger partial charge on any atom is 0.573 e. The van der Waals surface area contributed by atoms with E-state index in [4.69, 9.17) is 5.73 Å². The maximum absolute atomic E-state index is 12.9. The molecule has 2 N–H and O–H groups in total. The quantitative estimate of drug-likeness (QED) is 0.809. The lowest BCUT2D eigenvalue weighted by Gasteiger charge is -2.23. The number of alkyl halides is 3. The molecule has 0 saturated heterocycles. The van der Waals surface area contributed by atoms with Crippen LogP contribution in [-0.4, -0.2) is 32.2 Å². The van der Waals surface area contributed by atoms with Crippen LogP contribution >= 0.6 is 0 Å². The van der Waals surface area contributed by atoms with Gasteiger partial charge in [-0.3, -0.25) is 0 Å². The SMILES string of the molecule is NCCN(Cc1ccccc1)S(=O)(=O)c1ccccc1OC(F)(F)F. The number of nitrogens with zero attached hydrogens (tertiary/aromatic N) is 1. The standard InChI is InChI=1S/C16H17F3N2O3S/c17-16(18,19)24-14-8-4-5-9-15(14)25(22,23)21(11-10-20)12-13-6-2-1-3-7-13/h1-9H,10-12,20H2. The van der Waals surface area contributed by atoms with E-state index in [1.54, 1.807) is 30.3 Å². The van der Waals surface area contributed by atoms with Gasteiger partial charge in [0.1, 0.15) is 10.6 Å². The molecule has 0 unspecified atom stereocenters. The van der Waals surface area contributed by atoms with Crippen LogP contribution in [-0.2, 0) is 16.6 Å². The van der Waals surface area contributed by atoms with Crippen LogP contribution in [0.1, 0.15) is 5.56 Å². The van der Waals surface area contributed by atoms with Gasteiger partial charge in [0.15, 0.2) is 0 Å². The first-order chi connectivity index (χ1) is 11.7. The van der Waals surface area contributed by atoms with Gasteiger partial charge in [0.2, 0.25) is 10.0 Å². The third kappa shape index (κ3) is 5.18. The van der Waals surface area contributed by atoms with Crippen molar-refractivity contribution in [3.63, 3.8) is 0 Å². The molecule has 2 rings (SSSR count). The molecule has 0 radical (unpaired) electrons. The first-order valence-electron chi connectivity index (χ1n) is 7.33. The van der Waals surface area contributed by atoms with Crippen LogP contribution in [0.3, 0.4) is 0 Å². The smallest absolute Gasteiger partial charge is 0.404 e. The van der Waals surface area contributed by atoms with Crippen molar-refractivity contribution in [3.05, 3.63) is 60.2 Å². The minimum Gasteiger partial charge on any atom is -0.404 e. The van der Waals surface area contributed by atoms with Crippen molar-refractivity contribution >= 4 is 10.0 Å². The van der Waals surface area contributed by atoms with Crippen LogP contribution < -0.4 is 10.5 Å². The van der Waals surface area contributed by atoms with Crippen molar-refractivity contribution in [3.8, 4) is 5.75 Å². The minimum atomic E-state index is -5.00. The Balaban J connectivity index is 2.40. The second-order valence-corrected chi connectivity index (χ2v) is 7.01. The fraction of sp³-hybridized carbons (Fsp3) is 0.250. The lowest BCUT2D eigenvalue weighted by atomic mass is 10.2. The molecule has 2 aromatic rings. The van der Waals surface area contributed by atoms with Gasteiger partial charge in [-0.1, -0.05) is 42.5 Å². The highest BCUT2D eigenvalue weighted by molar-refractivity contribution is 7.89. The molecule has 0 saturated carbocycles. The second kappa shape index (κ2) is 7.85. The molecular weight excluding hydrogens is 357 g/mol. The Morgan fingerprint density at radius 2 is 1.60 bits per heavy atom. The fourth-order valence-corrected chi connectivity index (χ4v) is 3.78. The average molecular weight is 374 g/mol. The zero-order valence-electron chi connectivity index (χ0n) is 13.1. The highest BCUT2D eigenvalue weighted by Gasteiger charge is 2.35. The number of hydrogen-bond donors (Lipinski definition) is 1. The van der Waals surface area contributed by atoms with Crippen molar-refractivity contribution in [1.82, 2.24) is 4.31 Å². The number of nitrogens with two attached hydrogens (primary N) is 1. The summed E-state index contributed by atoms with van der Waals surface area (Å²) in [5.74, 6) is -0.773. The van der Waals surface area contributed by atoms with Gasteiger partial charge in [0.25, 0.3) is 0 Å². The Labute approximate surface area is 143 Å². The van der Waals surface area contributed by atoms with Crippen LogP contribution in [0.5, 0.6) is 5.75 Å². The van der Waals surface area contributed by atoms with Crippen LogP contribution in [0.25, 0.3) is 0 Å². The topological polar surface area (TPSA) is 72.6 Å². The van der Waals surface area contributed by atoms with E-state index in [-0.39, 0.29) is 19.6 Å². The number of ether oxygens (including phenoxy) is 1. The molecule has 2 aromatic carbocycles. The minimum absolute atomic E-state index is 0.0132. The molecule has 0 aliphatic rings. The third-order valence-electron chi connectivity index (χ3n) is 3.27. The van der Waals surface area contributed by atoms with Gasteiger partial charge in [-0.15, -0.1) is 13.2 Å². The summed E-state index contributed by atoms with van der Waals surface area (Å²) in [6, 6.07) is 13.3. The number of halogens is 3. The second-order valence-electron chi connectivity index (χ2n) is 5.11. The molecule has 0 aliphatic heterocycles. The van der Waals surface area contributed by atoms with Gasteiger partial charge in [-0.2, -0.15) is 4.31 Å². The largest absolute Gasteiger partial charge is 0.573 e. The van der Waals surface area contributed by atoms with Crippen LogP contribution in [0.4, 0.5) is 13.2 Å². The summed E-state index contributed by atoms with van der Waals surface area (Å²) in [6.07, 6.45) is -5.00. The predicted molar refractivity (Wildman–Crippen MR) is 86.2 cm³/mol. The number of rotatable bonds is 7. The number of para-hydroxylation sites is 1. The Bertz CT molecular complexity index is 796. The van der Waals surface area contributed by atoms with Crippen molar-refractivity contribution < 1.29 is 26.3 Å². The molecule has 0 heterocycles. The van der Waals surface area contributed by atoms with Crippen molar-refractivity contribution in [1.29, 1.82) is 0 Å².